The highest BCUT2D eigenvalue weighted by molar-refractivity contribution is 8.76. The molecule has 0 bridgehead atoms. The number of nitrogens with zero attached hydrogens (tertiary/aromatic N) is 2. The Morgan fingerprint density at radius 3 is 2.80 bits per heavy atom. The van der Waals surface area contributed by atoms with Crippen LogP contribution in [0.15, 0.2) is 48.7 Å². The molecule has 0 aliphatic heterocycles. The maximum atomic E-state index is 4.66. The number of rotatable bonds is 5. The van der Waals surface area contributed by atoms with E-state index in [0.717, 1.165) is 28.5 Å². The minimum atomic E-state index is 0.879. The summed E-state index contributed by atoms with van der Waals surface area (Å²) in [6.45, 7) is 2.18. The first-order valence-electron chi connectivity index (χ1n) is 6.57. The Balaban J connectivity index is 1.96. The van der Waals surface area contributed by atoms with E-state index in [-0.39, 0.29) is 0 Å². The highest BCUT2D eigenvalue weighted by atomic mass is 33.1. The van der Waals surface area contributed by atoms with Gasteiger partial charge in [-0.15, -0.1) is 0 Å². The van der Waals surface area contributed by atoms with Gasteiger partial charge in [-0.3, -0.25) is 0 Å². The Bertz CT molecular complexity index is 676. The number of H-pyrrole nitrogens is 1. The van der Waals surface area contributed by atoms with Gasteiger partial charge in [0.25, 0.3) is 0 Å². The minimum absolute atomic E-state index is 0.879. The topological polar surface area (TPSA) is 32.6 Å². The summed E-state index contributed by atoms with van der Waals surface area (Å²) in [7, 11) is 3.76. The Morgan fingerprint density at radius 2 is 1.95 bits per heavy atom. The number of hydrogen-bond acceptors (Lipinski definition) is 3. The van der Waals surface area contributed by atoms with Crippen LogP contribution in [-0.4, -0.2) is 15.7 Å². The van der Waals surface area contributed by atoms with Crippen LogP contribution in [0.5, 0.6) is 0 Å². The van der Waals surface area contributed by atoms with Crippen molar-refractivity contribution in [3.63, 3.8) is 0 Å². The molecule has 20 heavy (non-hydrogen) atoms. The van der Waals surface area contributed by atoms with Crippen LogP contribution in [0.4, 0.5) is 0 Å². The lowest BCUT2D eigenvalue weighted by atomic mass is 10.3. The lowest BCUT2D eigenvalue weighted by molar-refractivity contribution is -0.610. The first-order chi connectivity index (χ1) is 9.88. The van der Waals surface area contributed by atoms with Crippen LogP contribution in [0, 0.1) is 0 Å². The molecule has 0 saturated heterocycles. The molecule has 102 valence electrons. The SMILES string of the molecule is CCSSCc1cccc[n+]1-c1nc2ccccc2[nH]1. The van der Waals surface area contributed by atoms with Crippen molar-refractivity contribution < 1.29 is 4.57 Å². The molecule has 0 atom stereocenters. The zero-order valence-corrected chi connectivity index (χ0v) is 12.9. The summed E-state index contributed by atoms with van der Waals surface area (Å²) < 4.78 is 2.13. The van der Waals surface area contributed by atoms with Crippen molar-refractivity contribution in [2.75, 3.05) is 5.75 Å². The molecule has 3 aromatic rings. The molecule has 1 N–H and O–H groups in total. The zero-order valence-electron chi connectivity index (χ0n) is 11.2. The number of benzene rings is 1. The molecule has 0 fully saturated rings. The largest absolute Gasteiger partial charge is 0.402 e. The molecule has 0 amide bonds. The third-order valence-electron chi connectivity index (χ3n) is 2.96. The average molecular weight is 302 g/mol. The smallest absolute Gasteiger partial charge is 0.238 e. The van der Waals surface area contributed by atoms with Crippen LogP contribution in [0.2, 0.25) is 0 Å². The summed E-state index contributed by atoms with van der Waals surface area (Å²) in [5.41, 5.74) is 3.32. The number of nitrogens with one attached hydrogen (secondary N) is 1. The Kier molecular flexibility index (Phi) is 4.28. The zero-order chi connectivity index (χ0) is 13.8. The van der Waals surface area contributed by atoms with Crippen molar-refractivity contribution in [3.05, 3.63) is 54.4 Å². The summed E-state index contributed by atoms with van der Waals surface area (Å²) in [6, 6.07) is 14.4. The van der Waals surface area contributed by atoms with Gasteiger partial charge in [-0.25, -0.2) is 9.55 Å². The summed E-state index contributed by atoms with van der Waals surface area (Å²) in [5.74, 6) is 2.97. The molecule has 2 heterocycles. The van der Waals surface area contributed by atoms with Gasteiger partial charge in [0, 0.05) is 5.75 Å². The van der Waals surface area contributed by atoms with Crippen LogP contribution < -0.4 is 4.57 Å². The Labute approximate surface area is 126 Å². The van der Waals surface area contributed by atoms with Crippen LogP contribution in [0.25, 0.3) is 17.0 Å². The van der Waals surface area contributed by atoms with Crippen molar-refractivity contribution >= 4 is 32.6 Å². The van der Waals surface area contributed by atoms with Crippen LogP contribution in [-0.2, 0) is 5.75 Å². The Hall–Kier alpha value is -1.46. The lowest BCUT2D eigenvalue weighted by Crippen LogP contribution is -2.36. The van der Waals surface area contributed by atoms with E-state index >= 15 is 0 Å². The summed E-state index contributed by atoms with van der Waals surface area (Å²) in [6.07, 6.45) is 2.06. The van der Waals surface area contributed by atoms with E-state index in [0.29, 0.717) is 0 Å². The van der Waals surface area contributed by atoms with E-state index in [9.17, 15) is 0 Å². The first kappa shape index (κ1) is 13.5. The summed E-state index contributed by atoms with van der Waals surface area (Å²) in [4.78, 5) is 8.04. The fourth-order valence-corrected chi connectivity index (χ4v) is 3.76. The summed E-state index contributed by atoms with van der Waals surface area (Å²) >= 11 is 0. The van der Waals surface area contributed by atoms with Crippen molar-refractivity contribution in [2.45, 2.75) is 12.7 Å². The molecule has 3 rings (SSSR count). The molecule has 0 unspecified atom stereocenters. The Morgan fingerprint density at radius 1 is 1.10 bits per heavy atom. The molecule has 0 aliphatic rings. The molecule has 3 nitrogen and oxygen atoms in total. The van der Waals surface area contributed by atoms with Crippen LogP contribution in [0.3, 0.4) is 0 Å². The number of imidazole rings is 1. The molecular weight excluding hydrogens is 286 g/mol. The number of aromatic amines is 1. The van der Waals surface area contributed by atoms with Crippen molar-refractivity contribution in [3.8, 4) is 5.95 Å². The van der Waals surface area contributed by atoms with Crippen molar-refractivity contribution in [2.24, 2.45) is 0 Å². The van der Waals surface area contributed by atoms with Gasteiger partial charge in [-0.05, 0) is 24.3 Å². The third-order valence-corrected chi connectivity index (χ3v) is 5.33. The van der Waals surface area contributed by atoms with Gasteiger partial charge >= 0.3 is 5.95 Å². The van der Waals surface area contributed by atoms with Gasteiger partial charge in [-0.2, -0.15) is 0 Å². The fraction of sp³-hybridized carbons (Fsp3) is 0.200. The van der Waals surface area contributed by atoms with Gasteiger partial charge in [0.05, 0.1) is 17.6 Å². The van der Waals surface area contributed by atoms with Crippen LogP contribution in [0.1, 0.15) is 12.6 Å². The monoisotopic (exact) mass is 302 g/mol. The van der Waals surface area contributed by atoms with Gasteiger partial charge in [0.2, 0.25) is 0 Å². The van der Waals surface area contributed by atoms with E-state index < -0.39 is 0 Å². The van der Waals surface area contributed by atoms with Gasteiger partial charge in [0.15, 0.2) is 5.52 Å². The van der Waals surface area contributed by atoms with Crippen molar-refractivity contribution in [1.82, 2.24) is 9.97 Å². The molecule has 1 aromatic carbocycles. The maximum Gasteiger partial charge on any atom is 0.402 e. The van der Waals surface area contributed by atoms with Crippen LogP contribution >= 0.6 is 21.6 Å². The van der Waals surface area contributed by atoms with Gasteiger partial charge in [0.1, 0.15) is 5.52 Å². The highest BCUT2D eigenvalue weighted by Gasteiger charge is 2.15. The molecule has 0 aliphatic carbocycles. The second kappa shape index (κ2) is 6.33. The number of para-hydroxylation sites is 2. The normalized spacial score (nSPS) is 11.1. The maximum absolute atomic E-state index is 4.66. The van der Waals surface area contributed by atoms with E-state index in [2.05, 4.69) is 45.9 Å². The first-order valence-corrected chi connectivity index (χ1v) is 9.06. The number of aromatic nitrogens is 3. The number of fused-ring (bicyclic) bond motifs is 1. The van der Waals surface area contributed by atoms with Gasteiger partial charge in [-0.1, -0.05) is 51.7 Å². The molecule has 0 spiro atoms. The number of hydrogen-bond donors (Lipinski definition) is 1. The molecule has 0 radical (unpaired) electrons. The number of pyridine rings is 1. The second-order valence-electron chi connectivity index (χ2n) is 4.31. The standard InChI is InChI=1S/C15H16N3S2/c1-2-19-20-11-12-7-5-6-10-18(12)15-16-13-8-3-4-9-14(13)17-15/h3-10H,2,11H2,1H3,(H,16,17)/q+1. The highest BCUT2D eigenvalue weighted by Crippen LogP contribution is 2.24. The molecular formula is C15H16N3S2+. The van der Waals surface area contributed by atoms with E-state index in [1.54, 1.807) is 0 Å². The minimum Gasteiger partial charge on any atom is -0.238 e. The third kappa shape index (κ3) is 2.83. The fourth-order valence-electron chi connectivity index (χ4n) is 2.04. The predicted octanol–water partition coefficient (Wildman–Crippen LogP) is 3.74. The lowest BCUT2D eigenvalue weighted by Gasteiger charge is -2.03. The van der Waals surface area contributed by atoms with Crippen molar-refractivity contribution in [1.29, 1.82) is 0 Å². The predicted molar refractivity (Wildman–Crippen MR) is 87.1 cm³/mol. The molecule has 0 saturated carbocycles. The van der Waals surface area contributed by atoms with Gasteiger partial charge < -0.3 is 0 Å². The second-order valence-corrected chi connectivity index (χ2v) is 7.06. The average Bonchev–Trinajstić information content (AvgIpc) is 2.92. The summed E-state index contributed by atoms with van der Waals surface area (Å²) in [5, 5.41) is 0. The van der Waals surface area contributed by atoms with E-state index in [4.69, 9.17) is 0 Å². The quantitative estimate of drug-likeness (QED) is 0.443. The molecule has 5 heteroatoms. The molecule has 2 aromatic heterocycles. The van der Waals surface area contributed by atoms with E-state index in [1.165, 1.54) is 5.69 Å². The van der Waals surface area contributed by atoms with E-state index in [1.807, 2.05) is 45.9 Å².